The van der Waals surface area contributed by atoms with Crippen LogP contribution in [0.5, 0.6) is 5.75 Å². The van der Waals surface area contributed by atoms with E-state index in [9.17, 15) is 12.8 Å². The van der Waals surface area contributed by atoms with E-state index in [0.29, 0.717) is 17.5 Å². The first-order valence-electron chi connectivity index (χ1n) is 11.7. The number of aromatic nitrogens is 2. The molecular weight excluding hydrogens is 457 g/mol. The van der Waals surface area contributed by atoms with Crippen molar-refractivity contribution in [2.45, 2.75) is 50.0 Å². The van der Waals surface area contributed by atoms with E-state index in [-0.39, 0.29) is 11.0 Å². The summed E-state index contributed by atoms with van der Waals surface area (Å²) in [7, 11) is -3.60. The van der Waals surface area contributed by atoms with Crippen molar-refractivity contribution in [3.05, 3.63) is 53.6 Å². The SMILES string of the molecule is CCCc1noc(N2CCC(C3Cc4cc(-c5ccc(S(C)(=O)=O)c(F)c5)ccc4O3)CC2)n1. The van der Waals surface area contributed by atoms with E-state index in [1.54, 1.807) is 6.07 Å². The Morgan fingerprint density at radius 2 is 1.85 bits per heavy atom. The summed E-state index contributed by atoms with van der Waals surface area (Å²) in [6.45, 7) is 3.80. The number of rotatable bonds is 6. The highest BCUT2D eigenvalue weighted by Crippen LogP contribution is 2.38. The fourth-order valence-corrected chi connectivity index (χ4v) is 5.59. The molecule has 2 aliphatic heterocycles. The topological polar surface area (TPSA) is 85.5 Å². The van der Waals surface area contributed by atoms with Crippen LogP contribution in [0.2, 0.25) is 0 Å². The molecule has 0 saturated carbocycles. The van der Waals surface area contributed by atoms with E-state index >= 15 is 0 Å². The molecule has 0 bridgehead atoms. The van der Waals surface area contributed by atoms with E-state index in [2.05, 4.69) is 22.0 Å². The van der Waals surface area contributed by atoms with E-state index in [1.165, 1.54) is 12.1 Å². The van der Waals surface area contributed by atoms with Crippen LogP contribution in [0.3, 0.4) is 0 Å². The third-order valence-corrected chi connectivity index (χ3v) is 7.82. The van der Waals surface area contributed by atoms with Gasteiger partial charge in [0.2, 0.25) is 0 Å². The Morgan fingerprint density at radius 1 is 1.12 bits per heavy atom. The molecule has 0 N–H and O–H groups in total. The summed E-state index contributed by atoms with van der Waals surface area (Å²) in [4.78, 5) is 6.37. The molecule has 9 heteroatoms. The maximum atomic E-state index is 14.4. The number of hydrogen-bond donors (Lipinski definition) is 0. The quantitative estimate of drug-likeness (QED) is 0.510. The van der Waals surface area contributed by atoms with Crippen LogP contribution < -0.4 is 9.64 Å². The molecule has 0 aliphatic carbocycles. The summed E-state index contributed by atoms with van der Waals surface area (Å²) in [6, 6.07) is 10.7. The zero-order valence-electron chi connectivity index (χ0n) is 19.3. The first-order chi connectivity index (χ1) is 16.3. The average molecular weight is 486 g/mol. The molecule has 0 radical (unpaired) electrons. The van der Waals surface area contributed by atoms with E-state index in [1.807, 2.05) is 18.2 Å². The molecule has 0 amide bonds. The number of hydrogen-bond acceptors (Lipinski definition) is 7. The first-order valence-corrected chi connectivity index (χ1v) is 13.6. The molecule has 3 aromatic rings. The minimum atomic E-state index is -3.60. The van der Waals surface area contributed by atoms with Crippen molar-refractivity contribution < 1.29 is 22.1 Å². The van der Waals surface area contributed by atoms with Gasteiger partial charge in [-0.05, 0) is 66.1 Å². The zero-order valence-corrected chi connectivity index (χ0v) is 20.1. The first kappa shape index (κ1) is 22.8. The minimum absolute atomic E-state index is 0.107. The number of aryl methyl sites for hydroxylation is 1. The highest BCUT2D eigenvalue weighted by molar-refractivity contribution is 7.90. The Kier molecular flexibility index (Phi) is 6.06. The van der Waals surface area contributed by atoms with Gasteiger partial charge in [0.25, 0.3) is 0 Å². The van der Waals surface area contributed by atoms with Gasteiger partial charge >= 0.3 is 6.01 Å². The largest absolute Gasteiger partial charge is 0.490 e. The highest BCUT2D eigenvalue weighted by Gasteiger charge is 2.34. The monoisotopic (exact) mass is 485 g/mol. The van der Waals surface area contributed by atoms with Crippen molar-refractivity contribution >= 4 is 15.9 Å². The standard InChI is InChI=1S/C25H28FN3O4S/c1-3-4-24-27-25(33-28-24)29-11-9-16(10-12-29)22-15-19-13-17(5-7-21(19)32-22)18-6-8-23(20(26)14-18)34(2,30)31/h5-8,13-14,16,22H,3-4,9-12,15H2,1-2H3. The van der Waals surface area contributed by atoms with Crippen LogP contribution in [-0.2, 0) is 22.7 Å². The van der Waals surface area contributed by atoms with Crippen LogP contribution in [0.15, 0.2) is 45.8 Å². The maximum absolute atomic E-state index is 14.4. The van der Waals surface area contributed by atoms with Gasteiger partial charge in [0.1, 0.15) is 22.6 Å². The van der Waals surface area contributed by atoms with Crippen molar-refractivity contribution in [1.82, 2.24) is 10.1 Å². The molecule has 2 aromatic carbocycles. The van der Waals surface area contributed by atoms with Gasteiger partial charge in [-0.3, -0.25) is 0 Å². The van der Waals surface area contributed by atoms with Crippen molar-refractivity contribution in [2.75, 3.05) is 24.2 Å². The molecule has 1 unspecified atom stereocenters. The van der Waals surface area contributed by atoms with Gasteiger partial charge in [-0.1, -0.05) is 24.2 Å². The molecule has 1 fully saturated rings. The Balaban J connectivity index is 1.24. The Bertz CT molecular complexity index is 1300. The van der Waals surface area contributed by atoms with Crippen molar-refractivity contribution in [2.24, 2.45) is 5.92 Å². The number of fused-ring (bicyclic) bond motifs is 1. The van der Waals surface area contributed by atoms with Crippen LogP contribution in [-0.4, -0.2) is 44.0 Å². The van der Waals surface area contributed by atoms with Crippen LogP contribution in [0.1, 0.15) is 37.6 Å². The average Bonchev–Trinajstić information content (AvgIpc) is 3.45. The van der Waals surface area contributed by atoms with Gasteiger partial charge in [-0.25, -0.2) is 12.8 Å². The lowest BCUT2D eigenvalue weighted by atomic mass is 9.88. The molecular formula is C25H28FN3O4S. The molecule has 1 atom stereocenters. The second-order valence-electron chi connectivity index (χ2n) is 9.17. The summed E-state index contributed by atoms with van der Waals surface area (Å²) < 4.78 is 49.5. The zero-order chi connectivity index (χ0) is 23.9. The lowest BCUT2D eigenvalue weighted by Gasteiger charge is -2.33. The molecule has 3 heterocycles. The summed E-state index contributed by atoms with van der Waals surface area (Å²) in [5.74, 6) is 1.32. The smallest absolute Gasteiger partial charge is 0.324 e. The van der Waals surface area contributed by atoms with Gasteiger partial charge < -0.3 is 14.2 Å². The number of benzene rings is 2. The number of ether oxygens (including phenoxy) is 1. The summed E-state index contributed by atoms with van der Waals surface area (Å²) in [5.41, 5.74) is 2.58. The van der Waals surface area contributed by atoms with Gasteiger partial charge in [-0.15, -0.1) is 0 Å². The summed E-state index contributed by atoms with van der Waals surface area (Å²) >= 11 is 0. The Morgan fingerprint density at radius 3 is 2.56 bits per heavy atom. The van der Waals surface area contributed by atoms with Gasteiger partial charge in [0.15, 0.2) is 15.7 Å². The molecule has 1 aromatic heterocycles. The molecule has 2 aliphatic rings. The molecule has 7 nitrogen and oxygen atoms in total. The molecule has 1 saturated heterocycles. The second kappa shape index (κ2) is 9.02. The highest BCUT2D eigenvalue weighted by atomic mass is 32.2. The molecule has 180 valence electrons. The Hall–Kier alpha value is -2.94. The Labute approximate surface area is 198 Å². The van der Waals surface area contributed by atoms with Crippen LogP contribution in [0.4, 0.5) is 10.4 Å². The van der Waals surface area contributed by atoms with Gasteiger partial charge in [0.05, 0.1) is 0 Å². The number of anilines is 1. The van der Waals surface area contributed by atoms with E-state index in [4.69, 9.17) is 9.26 Å². The van der Waals surface area contributed by atoms with Crippen LogP contribution in [0, 0.1) is 11.7 Å². The fraction of sp³-hybridized carbons (Fsp3) is 0.440. The second-order valence-corrected chi connectivity index (χ2v) is 11.2. The van der Waals surface area contributed by atoms with E-state index in [0.717, 1.165) is 74.2 Å². The predicted octanol–water partition coefficient (Wildman–Crippen LogP) is 4.45. The minimum Gasteiger partial charge on any atom is -0.490 e. The maximum Gasteiger partial charge on any atom is 0.324 e. The van der Waals surface area contributed by atoms with Crippen molar-refractivity contribution in [3.8, 4) is 16.9 Å². The molecule has 5 rings (SSSR count). The van der Waals surface area contributed by atoms with Gasteiger partial charge in [-0.2, -0.15) is 4.98 Å². The normalized spacial score (nSPS) is 18.7. The predicted molar refractivity (Wildman–Crippen MR) is 126 cm³/mol. The number of sulfone groups is 1. The molecule has 0 spiro atoms. The van der Waals surface area contributed by atoms with Crippen LogP contribution >= 0.6 is 0 Å². The van der Waals surface area contributed by atoms with Crippen molar-refractivity contribution in [1.29, 1.82) is 0 Å². The number of nitrogens with zero attached hydrogens (tertiary/aromatic N) is 3. The van der Waals surface area contributed by atoms with Crippen LogP contribution in [0.25, 0.3) is 11.1 Å². The summed E-state index contributed by atoms with van der Waals surface area (Å²) in [6.07, 6.45) is 5.70. The third-order valence-electron chi connectivity index (χ3n) is 6.69. The lowest BCUT2D eigenvalue weighted by molar-refractivity contribution is 0.137. The van der Waals surface area contributed by atoms with Gasteiger partial charge in [0, 0.05) is 32.2 Å². The van der Waals surface area contributed by atoms with E-state index < -0.39 is 15.7 Å². The third kappa shape index (κ3) is 4.53. The number of piperidine rings is 1. The molecule has 34 heavy (non-hydrogen) atoms. The van der Waals surface area contributed by atoms with Crippen molar-refractivity contribution in [3.63, 3.8) is 0 Å². The number of halogens is 1. The fourth-order valence-electron chi connectivity index (χ4n) is 4.86. The lowest BCUT2D eigenvalue weighted by Crippen LogP contribution is -2.39. The summed E-state index contributed by atoms with van der Waals surface area (Å²) in [5, 5.41) is 4.05.